The van der Waals surface area contributed by atoms with Crippen LogP contribution in [-0.2, 0) is 6.42 Å². The van der Waals surface area contributed by atoms with Crippen molar-refractivity contribution in [2.75, 3.05) is 13.1 Å². The smallest absolute Gasteiger partial charge is 0.188 e. The summed E-state index contributed by atoms with van der Waals surface area (Å²) in [6.45, 7) is 3.78. The molecule has 0 unspecified atom stereocenters. The van der Waals surface area contributed by atoms with E-state index in [1.54, 1.807) is 6.26 Å². The zero-order valence-corrected chi connectivity index (χ0v) is 13.4. The summed E-state index contributed by atoms with van der Waals surface area (Å²) in [6, 6.07) is 3.85. The minimum absolute atomic E-state index is 0. The fourth-order valence-electron chi connectivity index (χ4n) is 1.56. The monoisotopic (exact) mass is 365 g/mol. The van der Waals surface area contributed by atoms with E-state index in [0.29, 0.717) is 5.96 Å². The van der Waals surface area contributed by atoms with Gasteiger partial charge in [0.1, 0.15) is 5.76 Å². The normalized spacial score (nSPS) is 11.1. The van der Waals surface area contributed by atoms with Crippen molar-refractivity contribution in [3.8, 4) is 0 Å². The van der Waals surface area contributed by atoms with Crippen molar-refractivity contribution in [1.82, 2.24) is 5.32 Å². The molecule has 18 heavy (non-hydrogen) atoms. The molecule has 0 aliphatic rings. The molecule has 0 saturated carbocycles. The minimum atomic E-state index is 0. The average Bonchev–Trinajstić information content (AvgIpc) is 2.82. The minimum Gasteiger partial charge on any atom is -0.469 e. The van der Waals surface area contributed by atoms with E-state index in [1.165, 1.54) is 19.3 Å². The Morgan fingerprint density at radius 1 is 1.39 bits per heavy atom. The quantitative estimate of drug-likeness (QED) is 0.322. The number of halogens is 1. The molecule has 1 aromatic heterocycles. The number of nitrogens with one attached hydrogen (secondary N) is 1. The van der Waals surface area contributed by atoms with Crippen LogP contribution in [0.3, 0.4) is 0 Å². The van der Waals surface area contributed by atoms with Gasteiger partial charge >= 0.3 is 0 Å². The maximum atomic E-state index is 5.74. The van der Waals surface area contributed by atoms with Crippen molar-refractivity contribution in [1.29, 1.82) is 0 Å². The highest BCUT2D eigenvalue weighted by atomic mass is 127. The number of aliphatic imine (C=N–C) groups is 1. The Morgan fingerprint density at radius 2 is 2.22 bits per heavy atom. The lowest BCUT2D eigenvalue weighted by atomic mass is 10.2. The van der Waals surface area contributed by atoms with Gasteiger partial charge < -0.3 is 15.5 Å². The lowest BCUT2D eigenvalue weighted by molar-refractivity contribution is 0.507. The maximum absolute atomic E-state index is 5.74. The molecule has 0 amide bonds. The predicted molar refractivity (Wildman–Crippen MR) is 86.5 cm³/mol. The van der Waals surface area contributed by atoms with Crippen LogP contribution in [0.15, 0.2) is 27.8 Å². The summed E-state index contributed by atoms with van der Waals surface area (Å²) >= 11 is 0. The van der Waals surface area contributed by atoms with Gasteiger partial charge in [-0.15, -0.1) is 24.0 Å². The van der Waals surface area contributed by atoms with Gasteiger partial charge in [-0.05, 0) is 18.6 Å². The van der Waals surface area contributed by atoms with Gasteiger partial charge in [0.05, 0.1) is 6.26 Å². The third-order valence-electron chi connectivity index (χ3n) is 2.55. The van der Waals surface area contributed by atoms with E-state index >= 15 is 0 Å². The van der Waals surface area contributed by atoms with Gasteiger partial charge in [-0.3, -0.25) is 4.99 Å². The second-order valence-electron chi connectivity index (χ2n) is 4.08. The molecule has 104 valence electrons. The lowest BCUT2D eigenvalue weighted by Gasteiger charge is -2.04. The lowest BCUT2D eigenvalue weighted by Crippen LogP contribution is -2.33. The molecule has 5 heteroatoms. The Morgan fingerprint density at radius 3 is 2.89 bits per heavy atom. The van der Waals surface area contributed by atoms with E-state index in [0.717, 1.165) is 31.7 Å². The molecule has 3 N–H and O–H groups in total. The molecule has 0 aliphatic carbocycles. The number of nitrogens with two attached hydrogens (primary N) is 1. The van der Waals surface area contributed by atoms with Crippen LogP contribution in [0.1, 0.15) is 38.4 Å². The molecule has 4 nitrogen and oxygen atoms in total. The van der Waals surface area contributed by atoms with Crippen LogP contribution in [0.5, 0.6) is 0 Å². The second-order valence-corrected chi connectivity index (χ2v) is 4.08. The SMILES string of the molecule is CCCCCCN=C(N)NCCc1ccco1.I. The molecule has 0 spiro atoms. The molecule has 1 aromatic rings. The molecule has 1 heterocycles. The average molecular weight is 365 g/mol. The second kappa shape index (κ2) is 11.4. The van der Waals surface area contributed by atoms with Crippen molar-refractivity contribution >= 4 is 29.9 Å². The summed E-state index contributed by atoms with van der Waals surface area (Å²) in [7, 11) is 0. The summed E-state index contributed by atoms with van der Waals surface area (Å²) in [6.07, 6.45) is 7.40. The third-order valence-corrected chi connectivity index (χ3v) is 2.55. The Labute approximate surface area is 126 Å². The number of guanidine groups is 1. The maximum Gasteiger partial charge on any atom is 0.188 e. The number of hydrogen-bond acceptors (Lipinski definition) is 2. The summed E-state index contributed by atoms with van der Waals surface area (Å²) in [5, 5.41) is 3.08. The van der Waals surface area contributed by atoms with E-state index in [2.05, 4.69) is 17.2 Å². The molecular weight excluding hydrogens is 341 g/mol. The van der Waals surface area contributed by atoms with E-state index < -0.39 is 0 Å². The molecule has 0 aromatic carbocycles. The standard InChI is InChI=1S/C13H23N3O.HI/c1-2-3-4-5-9-15-13(14)16-10-8-12-7-6-11-17-12;/h6-7,11H,2-5,8-10H2,1H3,(H3,14,15,16);1H. The van der Waals surface area contributed by atoms with Crippen LogP contribution in [0.25, 0.3) is 0 Å². The van der Waals surface area contributed by atoms with Crippen molar-refractivity contribution in [2.45, 2.75) is 39.0 Å². The fraction of sp³-hybridized carbons (Fsp3) is 0.615. The van der Waals surface area contributed by atoms with Crippen molar-refractivity contribution < 1.29 is 4.42 Å². The highest BCUT2D eigenvalue weighted by molar-refractivity contribution is 14.0. The Kier molecular flexibility index (Phi) is 10.9. The predicted octanol–water partition coefficient (Wildman–Crippen LogP) is 2.92. The first kappa shape index (κ1) is 17.3. The van der Waals surface area contributed by atoms with Crippen molar-refractivity contribution in [2.24, 2.45) is 10.7 Å². The number of rotatable bonds is 8. The van der Waals surface area contributed by atoms with Gasteiger partial charge in [-0.25, -0.2) is 0 Å². The summed E-state index contributed by atoms with van der Waals surface area (Å²) in [5.41, 5.74) is 5.74. The van der Waals surface area contributed by atoms with Gasteiger partial charge in [-0.1, -0.05) is 26.2 Å². The molecular formula is C13H24IN3O. The summed E-state index contributed by atoms with van der Waals surface area (Å²) in [4.78, 5) is 4.27. The molecule has 0 saturated heterocycles. The van der Waals surface area contributed by atoms with Gasteiger partial charge in [-0.2, -0.15) is 0 Å². The number of nitrogens with zero attached hydrogens (tertiary/aromatic N) is 1. The van der Waals surface area contributed by atoms with Gasteiger partial charge in [0.25, 0.3) is 0 Å². The first-order valence-electron chi connectivity index (χ1n) is 6.39. The molecule has 1 rings (SSSR count). The van der Waals surface area contributed by atoms with Gasteiger partial charge in [0.2, 0.25) is 0 Å². The Balaban J connectivity index is 0.00000289. The molecule has 0 atom stereocenters. The zero-order chi connectivity index (χ0) is 12.3. The van der Waals surface area contributed by atoms with E-state index in [-0.39, 0.29) is 24.0 Å². The summed E-state index contributed by atoms with van der Waals surface area (Å²) in [5.74, 6) is 1.50. The number of hydrogen-bond donors (Lipinski definition) is 2. The molecule has 0 fully saturated rings. The van der Waals surface area contributed by atoms with Crippen molar-refractivity contribution in [3.05, 3.63) is 24.2 Å². The van der Waals surface area contributed by atoms with E-state index in [4.69, 9.17) is 10.2 Å². The first-order valence-corrected chi connectivity index (χ1v) is 6.39. The van der Waals surface area contributed by atoms with Crippen LogP contribution >= 0.6 is 24.0 Å². The Bertz CT molecular complexity index is 312. The third kappa shape index (κ3) is 8.38. The number of furan rings is 1. The zero-order valence-electron chi connectivity index (χ0n) is 11.0. The van der Waals surface area contributed by atoms with Crippen LogP contribution in [0.2, 0.25) is 0 Å². The Hall–Kier alpha value is -0.720. The largest absolute Gasteiger partial charge is 0.469 e. The van der Waals surface area contributed by atoms with Gasteiger partial charge in [0.15, 0.2) is 5.96 Å². The fourth-order valence-corrected chi connectivity index (χ4v) is 1.56. The topological polar surface area (TPSA) is 63.5 Å². The highest BCUT2D eigenvalue weighted by Gasteiger charge is 1.96. The molecule has 0 radical (unpaired) electrons. The summed E-state index contributed by atoms with van der Waals surface area (Å²) < 4.78 is 5.22. The van der Waals surface area contributed by atoms with E-state index in [1.807, 2.05) is 12.1 Å². The van der Waals surface area contributed by atoms with Crippen LogP contribution in [0.4, 0.5) is 0 Å². The van der Waals surface area contributed by atoms with Gasteiger partial charge in [0, 0.05) is 19.5 Å². The van der Waals surface area contributed by atoms with Crippen LogP contribution in [0, 0.1) is 0 Å². The van der Waals surface area contributed by atoms with Crippen LogP contribution in [-0.4, -0.2) is 19.0 Å². The number of unbranched alkanes of at least 4 members (excludes halogenated alkanes) is 3. The first-order chi connectivity index (χ1) is 8.33. The molecule has 0 aliphatic heterocycles. The highest BCUT2D eigenvalue weighted by Crippen LogP contribution is 1.99. The molecule has 0 bridgehead atoms. The van der Waals surface area contributed by atoms with Crippen molar-refractivity contribution in [3.63, 3.8) is 0 Å². The van der Waals surface area contributed by atoms with Crippen LogP contribution < -0.4 is 11.1 Å². The van der Waals surface area contributed by atoms with E-state index in [9.17, 15) is 0 Å².